The van der Waals surface area contributed by atoms with Crippen LogP contribution < -0.4 is 5.32 Å². The summed E-state index contributed by atoms with van der Waals surface area (Å²) in [5.41, 5.74) is 0. The lowest BCUT2D eigenvalue weighted by Gasteiger charge is -2.43. The van der Waals surface area contributed by atoms with Gasteiger partial charge in [0.1, 0.15) is 0 Å². The van der Waals surface area contributed by atoms with Gasteiger partial charge in [0.05, 0.1) is 12.2 Å². The first-order chi connectivity index (χ1) is 9.20. The smallest absolute Gasteiger partial charge is 0.0678 e. The van der Waals surface area contributed by atoms with Gasteiger partial charge in [-0.15, -0.1) is 0 Å². The van der Waals surface area contributed by atoms with E-state index in [2.05, 4.69) is 31.0 Å². The van der Waals surface area contributed by atoms with Crippen LogP contribution >= 0.6 is 0 Å². The molecule has 19 heavy (non-hydrogen) atoms. The van der Waals surface area contributed by atoms with Gasteiger partial charge in [-0.2, -0.15) is 0 Å². The Morgan fingerprint density at radius 1 is 1.05 bits per heavy atom. The summed E-state index contributed by atoms with van der Waals surface area (Å²) < 4.78 is 5.89. The van der Waals surface area contributed by atoms with Gasteiger partial charge in [-0.3, -0.25) is 4.90 Å². The Morgan fingerprint density at radius 2 is 1.74 bits per heavy atom. The molecule has 3 nitrogen and oxygen atoms in total. The molecule has 4 atom stereocenters. The van der Waals surface area contributed by atoms with Gasteiger partial charge in [-0.1, -0.05) is 26.2 Å². The van der Waals surface area contributed by atoms with Crippen molar-refractivity contribution < 1.29 is 4.74 Å². The summed E-state index contributed by atoms with van der Waals surface area (Å²) in [6.45, 7) is 10.1. The maximum Gasteiger partial charge on any atom is 0.0678 e. The van der Waals surface area contributed by atoms with Gasteiger partial charge in [-0.25, -0.2) is 0 Å². The first-order valence-corrected chi connectivity index (χ1v) is 8.33. The Balaban J connectivity index is 1.99. The van der Waals surface area contributed by atoms with Gasteiger partial charge >= 0.3 is 0 Å². The summed E-state index contributed by atoms with van der Waals surface area (Å²) in [7, 11) is 0. The zero-order valence-electron chi connectivity index (χ0n) is 13.0. The van der Waals surface area contributed by atoms with E-state index in [0.29, 0.717) is 18.2 Å². The second-order valence-corrected chi connectivity index (χ2v) is 6.48. The monoisotopic (exact) mass is 268 g/mol. The third kappa shape index (κ3) is 4.44. The van der Waals surface area contributed by atoms with Crippen molar-refractivity contribution in [2.24, 2.45) is 0 Å². The van der Waals surface area contributed by atoms with E-state index in [-0.39, 0.29) is 0 Å². The van der Waals surface area contributed by atoms with Crippen LogP contribution in [-0.2, 0) is 4.74 Å². The molecule has 1 heterocycles. The van der Waals surface area contributed by atoms with Gasteiger partial charge < -0.3 is 10.1 Å². The van der Waals surface area contributed by atoms with Crippen LogP contribution in [0.3, 0.4) is 0 Å². The molecule has 2 rings (SSSR count). The Bertz CT molecular complexity index is 249. The number of nitrogens with one attached hydrogen (secondary N) is 1. The van der Waals surface area contributed by atoms with Crippen LogP contribution in [0.25, 0.3) is 0 Å². The second-order valence-electron chi connectivity index (χ2n) is 6.48. The summed E-state index contributed by atoms with van der Waals surface area (Å²) in [5, 5.41) is 3.81. The molecule has 112 valence electrons. The molecule has 2 unspecified atom stereocenters. The fourth-order valence-electron chi connectivity index (χ4n) is 3.78. The fraction of sp³-hybridized carbons (Fsp3) is 1.00. The molecule has 1 saturated heterocycles. The van der Waals surface area contributed by atoms with E-state index in [1.54, 1.807) is 0 Å². The molecular weight excluding hydrogens is 236 g/mol. The molecule has 0 aromatic carbocycles. The van der Waals surface area contributed by atoms with Crippen molar-refractivity contribution in [1.82, 2.24) is 10.2 Å². The van der Waals surface area contributed by atoms with E-state index in [1.165, 1.54) is 38.5 Å². The van der Waals surface area contributed by atoms with Crippen LogP contribution in [0.1, 0.15) is 59.3 Å². The third-order valence-corrected chi connectivity index (χ3v) is 4.55. The molecule has 0 spiro atoms. The van der Waals surface area contributed by atoms with E-state index in [4.69, 9.17) is 4.74 Å². The first kappa shape index (κ1) is 15.3. The summed E-state index contributed by atoms with van der Waals surface area (Å²) in [4.78, 5) is 2.71. The number of nitrogens with zero attached hydrogens (tertiary/aromatic N) is 1. The minimum Gasteiger partial charge on any atom is -0.373 e. The largest absolute Gasteiger partial charge is 0.373 e. The Hall–Kier alpha value is -0.120. The van der Waals surface area contributed by atoms with Crippen LogP contribution in [0.5, 0.6) is 0 Å². The van der Waals surface area contributed by atoms with Crippen LogP contribution in [0.15, 0.2) is 0 Å². The molecule has 2 aliphatic rings. The average Bonchev–Trinajstić information content (AvgIpc) is 2.60. The Morgan fingerprint density at radius 3 is 2.42 bits per heavy atom. The van der Waals surface area contributed by atoms with E-state index in [0.717, 1.165) is 25.7 Å². The lowest BCUT2D eigenvalue weighted by molar-refractivity contribution is -0.0850. The standard InChI is InChI=1S/C16H32N2O/c1-4-10-17-15-8-6-5-7-9-16(15)18-11-13(2)19-14(3)12-18/h13-17H,4-12H2,1-3H3/t13-,14+,15?,16?. The lowest BCUT2D eigenvalue weighted by atomic mass is 9.99. The van der Waals surface area contributed by atoms with Gasteiger partial charge in [0, 0.05) is 25.2 Å². The van der Waals surface area contributed by atoms with Crippen molar-refractivity contribution in [2.75, 3.05) is 19.6 Å². The predicted molar refractivity (Wildman–Crippen MR) is 80.5 cm³/mol. The van der Waals surface area contributed by atoms with Crippen LogP contribution in [0.2, 0.25) is 0 Å². The maximum absolute atomic E-state index is 5.89. The second kappa shape index (κ2) is 7.61. The molecule has 1 N–H and O–H groups in total. The molecule has 1 saturated carbocycles. The summed E-state index contributed by atoms with van der Waals surface area (Å²) in [5.74, 6) is 0. The molecule has 0 amide bonds. The van der Waals surface area contributed by atoms with Crippen molar-refractivity contribution in [3.05, 3.63) is 0 Å². The van der Waals surface area contributed by atoms with Crippen LogP contribution in [0.4, 0.5) is 0 Å². The molecule has 2 fully saturated rings. The molecule has 0 bridgehead atoms. The summed E-state index contributed by atoms with van der Waals surface area (Å²) in [6, 6.07) is 1.42. The number of morpholine rings is 1. The molecule has 3 heteroatoms. The molecular formula is C16H32N2O. The molecule has 0 aromatic heterocycles. The highest BCUT2D eigenvalue weighted by Gasteiger charge is 2.33. The zero-order chi connectivity index (χ0) is 13.7. The number of hydrogen-bond donors (Lipinski definition) is 1. The number of rotatable bonds is 4. The van der Waals surface area contributed by atoms with Crippen molar-refractivity contribution in [3.63, 3.8) is 0 Å². The van der Waals surface area contributed by atoms with Crippen molar-refractivity contribution >= 4 is 0 Å². The van der Waals surface area contributed by atoms with Crippen LogP contribution in [-0.4, -0.2) is 48.8 Å². The number of ether oxygens (including phenoxy) is 1. The molecule has 0 radical (unpaired) electrons. The molecule has 1 aliphatic carbocycles. The van der Waals surface area contributed by atoms with E-state index in [9.17, 15) is 0 Å². The topological polar surface area (TPSA) is 24.5 Å². The van der Waals surface area contributed by atoms with Gasteiger partial charge in [-0.05, 0) is 39.7 Å². The Kier molecular flexibility index (Phi) is 6.11. The SMILES string of the molecule is CCCNC1CCCCCC1N1C[C@@H](C)O[C@@H](C)C1. The first-order valence-electron chi connectivity index (χ1n) is 8.33. The normalized spacial score (nSPS) is 38.1. The third-order valence-electron chi connectivity index (χ3n) is 4.55. The number of hydrogen-bond acceptors (Lipinski definition) is 3. The van der Waals surface area contributed by atoms with Crippen molar-refractivity contribution in [2.45, 2.75) is 83.6 Å². The van der Waals surface area contributed by atoms with E-state index >= 15 is 0 Å². The van der Waals surface area contributed by atoms with Crippen LogP contribution in [0, 0.1) is 0 Å². The Labute approximate surface area is 119 Å². The average molecular weight is 268 g/mol. The predicted octanol–water partition coefficient (Wildman–Crippen LogP) is 2.80. The summed E-state index contributed by atoms with van der Waals surface area (Å²) in [6.07, 6.45) is 8.93. The minimum atomic E-state index is 0.388. The highest BCUT2D eigenvalue weighted by molar-refractivity contribution is 4.89. The van der Waals surface area contributed by atoms with Gasteiger partial charge in [0.2, 0.25) is 0 Å². The van der Waals surface area contributed by atoms with Gasteiger partial charge in [0.25, 0.3) is 0 Å². The summed E-state index contributed by atoms with van der Waals surface area (Å²) >= 11 is 0. The minimum absolute atomic E-state index is 0.388. The zero-order valence-corrected chi connectivity index (χ0v) is 13.0. The maximum atomic E-state index is 5.89. The highest BCUT2D eigenvalue weighted by Crippen LogP contribution is 2.25. The lowest BCUT2D eigenvalue weighted by Crippen LogP contribution is -2.56. The quantitative estimate of drug-likeness (QED) is 0.794. The van der Waals surface area contributed by atoms with Crippen molar-refractivity contribution in [1.29, 1.82) is 0 Å². The highest BCUT2D eigenvalue weighted by atomic mass is 16.5. The molecule has 1 aliphatic heterocycles. The van der Waals surface area contributed by atoms with Gasteiger partial charge in [0.15, 0.2) is 0 Å². The van der Waals surface area contributed by atoms with E-state index in [1.807, 2.05) is 0 Å². The molecule has 0 aromatic rings. The fourth-order valence-corrected chi connectivity index (χ4v) is 3.78. The van der Waals surface area contributed by atoms with E-state index < -0.39 is 0 Å². The van der Waals surface area contributed by atoms with Crippen molar-refractivity contribution in [3.8, 4) is 0 Å².